The van der Waals surface area contributed by atoms with Crippen molar-refractivity contribution in [3.05, 3.63) is 65.5 Å². The Balaban J connectivity index is 1.58. The van der Waals surface area contributed by atoms with Crippen molar-refractivity contribution >= 4 is 6.03 Å². The monoisotopic (exact) mass is 309 g/mol. The number of amides is 2. The Labute approximate surface area is 137 Å². The van der Waals surface area contributed by atoms with Gasteiger partial charge in [0.2, 0.25) is 0 Å². The van der Waals surface area contributed by atoms with Gasteiger partial charge in [0.05, 0.1) is 12.2 Å². The molecule has 0 spiro atoms. The maximum Gasteiger partial charge on any atom is 0.317 e. The van der Waals surface area contributed by atoms with Crippen LogP contribution in [0.4, 0.5) is 4.79 Å². The second-order valence-electron chi connectivity index (χ2n) is 6.62. The Bertz CT molecular complexity index is 701. The van der Waals surface area contributed by atoms with Gasteiger partial charge in [0.1, 0.15) is 0 Å². The van der Waals surface area contributed by atoms with Gasteiger partial charge in [0.15, 0.2) is 0 Å². The lowest BCUT2D eigenvalue weighted by atomic mass is 9.98. The molecule has 0 aliphatic heterocycles. The standard InChI is InChI=1S/C19H23N3O/c1-14-8-7-11-16(20-14)13-22(3)18(23)21-17-12-19(17,2)15-9-5-4-6-10-15/h4-11,17H,12-13H2,1-3H3,(H,21,23). The molecule has 1 saturated carbocycles. The number of nitrogens with zero attached hydrogens (tertiary/aromatic N) is 2. The average molecular weight is 309 g/mol. The van der Waals surface area contributed by atoms with Crippen LogP contribution in [0.5, 0.6) is 0 Å². The summed E-state index contributed by atoms with van der Waals surface area (Å²) in [5.41, 5.74) is 3.21. The number of carbonyl (C=O) groups excluding carboxylic acids is 1. The minimum Gasteiger partial charge on any atom is -0.334 e. The van der Waals surface area contributed by atoms with E-state index in [0.717, 1.165) is 17.8 Å². The Kier molecular flexibility index (Phi) is 4.07. The molecule has 1 aliphatic rings. The maximum atomic E-state index is 12.4. The molecule has 0 radical (unpaired) electrons. The minimum absolute atomic E-state index is 0.0436. The number of hydrogen-bond acceptors (Lipinski definition) is 2. The molecular formula is C19H23N3O. The third-order valence-corrected chi connectivity index (χ3v) is 4.66. The Morgan fingerprint density at radius 1 is 1.26 bits per heavy atom. The molecule has 1 aliphatic carbocycles. The minimum atomic E-state index is -0.0436. The van der Waals surface area contributed by atoms with E-state index in [1.807, 2.05) is 50.4 Å². The van der Waals surface area contributed by atoms with E-state index in [4.69, 9.17) is 0 Å². The summed E-state index contributed by atoms with van der Waals surface area (Å²) in [4.78, 5) is 18.5. The summed E-state index contributed by atoms with van der Waals surface area (Å²) in [7, 11) is 1.81. The van der Waals surface area contributed by atoms with Crippen LogP contribution in [0.15, 0.2) is 48.5 Å². The second kappa shape index (κ2) is 6.03. The van der Waals surface area contributed by atoms with E-state index in [1.165, 1.54) is 5.56 Å². The van der Waals surface area contributed by atoms with Gasteiger partial charge in [-0.2, -0.15) is 0 Å². The summed E-state index contributed by atoms with van der Waals surface area (Å²) in [6.45, 7) is 4.68. The van der Waals surface area contributed by atoms with Crippen molar-refractivity contribution in [1.29, 1.82) is 0 Å². The fraction of sp³-hybridized carbons (Fsp3) is 0.368. The molecule has 4 nitrogen and oxygen atoms in total. The number of rotatable bonds is 4. The van der Waals surface area contributed by atoms with Crippen LogP contribution in [0, 0.1) is 6.92 Å². The topological polar surface area (TPSA) is 45.2 Å². The zero-order valence-corrected chi connectivity index (χ0v) is 13.9. The summed E-state index contributed by atoms with van der Waals surface area (Å²) < 4.78 is 0. The predicted molar refractivity (Wildman–Crippen MR) is 91.2 cm³/mol. The number of nitrogens with one attached hydrogen (secondary N) is 1. The van der Waals surface area contributed by atoms with Crippen LogP contribution in [0.25, 0.3) is 0 Å². The molecule has 1 heterocycles. The van der Waals surface area contributed by atoms with Crippen molar-refractivity contribution in [2.24, 2.45) is 0 Å². The van der Waals surface area contributed by atoms with Crippen LogP contribution < -0.4 is 5.32 Å². The number of benzene rings is 1. The molecule has 23 heavy (non-hydrogen) atoms. The lowest BCUT2D eigenvalue weighted by Gasteiger charge is -2.19. The van der Waals surface area contributed by atoms with E-state index in [2.05, 4.69) is 29.4 Å². The molecule has 0 bridgehead atoms. The van der Waals surface area contributed by atoms with Crippen LogP contribution in [0.2, 0.25) is 0 Å². The number of pyridine rings is 1. The number of aromatic nitrogens is 1. The normalized spacial score (nSPS) is 22.5. The van der Waals surface area contributed by atoms with Crippen LogP contribution >= 0.6 is 0 Å². The number of aryl methyl sites for hydroxylation is 1. The highest BCUT2D eigenvalue weighted by Crippen LogP contribution is 2.47. The van der Waals surface area contributed by atoms with E-state index < -0.39 is 0 Å². The average Bonchev–Trinajstić information content (AvgIpc) is 3.19. The molecular weight excluding hydrogens is 286 g/mol. The lowest BCUT2D eigenvalue weighted by molar-refractivity contribution is 0.205. The third kappa shape index (κ3) is 3.36. The Morgan fingerprint density at radius 3 is 2.70 bits per heavy atom. The van der Waals surface area contributed by atoms with E-state index >= 15 is 0 Å². The summed E-state index contributed by atoms with van der Waals surface area (Å²) in [6.07, 6.45) is 0.985. The van der Waals surface area contributed by atoms with Gasteiger partial charge in [0.25, 0.3) is 0 Å². The van der Waals surface area contributed by atoms with E-state index in [-0.39, 0.29) is 17.5 Å². The van der Waals surface area contributed by atoms with Gasteiger partial charge >= 0.3 is 6.03 Å². The summed E-state index contributed by atoms with van der Waals surface area (Å²) in [6, 6.07) is 16.4. The van der Waals surface area contributed by atoms with Gasteiger partial charge in [-0.3, -0.25) is 4.98 Å². The molecule has 2 aromatic rings. The Morgan fingerprint density at radius 2 is 2.00 bits per heavy atom. The molecule has 120 valence electrons. The quantitative estimate of drug-likeness (QED) is 0.942. The van der Waals surface area contributed by atoms with Gasteiger partial charge in [-0.15, -0.1) is 0 Å². The summed E-state index contributed by atoms with van der Waals surface area (Å²) in [5.74, 6) is 0. The van der Waals surface area contributed by atoms with Gasteiger partial charge in [-0.05, 0) is 31.0 Å². The molecule has 0 saturated heterocycles. The van der Waals surface area contributed by atoms with Gasteiger partial charge in [-0.25, -0.2) is 4.79 Å². The van der Waals surface area contributed by atoms with E-state index in [9.17, 15) is 4.79 Å². The van der Waals surface area contributed by atoms with Crippen molar-refractivity contribution in [2.45, 2.75) is 38.3 Å². The molecule has 1 aromatic carbocycles. The van der Waals surface area contributed by atoms with Crippen molar-refractivity contribution < 1.29 is 4.79 Å². The number of hydrogen-bond donors (Lipinski definition) is 1. The molecule has 4 heteroatoms. The van der Waals surface area contributed by atoms with Crippen LogP contribution in [-0.4, -0.2) is 29.0 Å². The fourth-order valence-corrected chi connectivity index (χ4v) is 2.97. The summed E-state index contributed by atoms with van der Waals surface area (Å²) >= 11 is 0. The van der Waals surface area contributed by atoms with Gasteiger partial charge in [-0.1, -0.05) is 43.3 Å². The van der Waals surface area contributed by atoms with Gasteiger partial charge in [0, 0.05) is 24.2 Å². The highest BCUT2D eigenvalue weighted by Gasteiger charge is 2.52. The predicted octanol–water partition coefficient (Wildman–Crippen LogP) is 3.26. The van der Waals surface area contributed by atoms with Crippen molar-refractivity contribution in [3.8, 4) is 0 Å². The van der Waals surface area contributed by atoms with Crippen LogP contribution in [-0.2, 0) is 12.0 Å². The molecule has 2 atom stereocenters. The molecule has 2 unspecified atom stereocenters. The first kappa shape index (κ1) is 15.5. The number of urea groups is 1. The Hall–Kier alpha value is -2.36. The first-order chi connectivity index (χ1) is 11.0. The van der Waals surface area contributed by atoms with E-state index in [0.29, 0.717) is 6.54 Å². The van der Waals surface area contributed by atoms with Crippen LogP contribution in [0.1, 0.15) is 30.3 Å². The van der Waals surface area contributed by atoms with Gasteiger partial charge < -0.3 is 10.2 Å². The summed E-state index contributed by atoms with van der Waals surface area (Å²) in [5, 5.41) is 3.14. The fourth-order valence-electron chi connectivity index (χ4n) is 2.97. The first-order valence-electron chi connectivity index (χ1n) is 7.99. The molecule has 1 fully saturated rings. The highest BCUT2D eigenvalue weighted by atomic mass is 16.2. The third-order valence-electron chi connectivity index (χ3n) is 4.66. The van der Waals surface area contributed by atoms with Crippen molar-refractivity contribution in [1.82, 2.24) is 15.2 Å². The SMILES string of the molecule is Cc1cccc(CN(C)C(=O)NC2CC2(C)c2ccccc2)n1. The zero-order chi connectivity index (χ0) is 16.4. The first-order valence-corrected chi connectivity index (χ1v) is 7.99. The molecule has 1 aromatic heterocycles. The molecule has 3 rings (SSSR count). The molecule has 1 N–H and O–H groups in total. The van der Waals surface area contributed by atoms with Crippen molar-refractivity contribution in [3.63, 3.8) is 0 Å². The second-order valence-corrected chi connectivity index (χ2v) is 6.62. The zero-order valence-electron chi connectivity index (χ0n) is 13.9. The maximum absolute atomic E-state index is 12.4. The smallest absolute Gasteiger partial charge is 0.317 e. The number of carbonyl (C=O) groups is 1. The van der Waals surface area contributed by atoms with E-state index in [1.54, 1.807) is 4.90 Å². The lowest BCUT2D eigenvalue weighted by Crippen LogP contribution is -2.40. The largest absolute Gasteiger partial charge is 0.334 e. The van der Waals surface area contributed by atoms with Crippen molar-refractivity contribution in [2.75, 3.05) is 7.05 Å². The van der Waals surface area contributed by atoms with Crippen LogP contribution in [0.3, 0.4) is 0 Å². The highest BCUT2D eigenvalue weighted by molar-refractivity contribution is 5.75. The molecule has 2 amide bonds.